The maximum Gasteiger partial charge on any atom is 0.273 e. The number of hydrogen-bond acceptors (Lipinski definition) is 4. The lowest BCUT2D eigenvalue weighted by molar-refractivity contribution is 0.0901. The van der Waals surface area contributed by atoms with Crippen LogP contribution in [0.25, 0.3) is 0 Å². The van der Waals surface area contributed by atoms with Gasteiger partial charge in [-0.05, 0) is 18.8 Å². The van der Waals surface area contributed by atoms with E-state index >= 15 is 0 Å². The molecule has 114 valence electrons. The third-order valence-electron chi connectivity index (χ3n) is 3.25. The highest BCUT2D eigenvalue weighted by molar-refractivity contribution is 8.13. The molecule has 0 saturated heterocycles. The van der Waals surface area contributed by atoms with Gasteiger partial charge in [-0.2, -0.15) is 5.10 Å². The fraction of sp³-hybridized carbons (Fsp3) is 0.667. The van der Waals surface area contributed by atoms with Crippen LogP contribution < -0.4 is 5.32 Å². The molecule has 0 aromatic carbocycles. The van der Waals surface area contributed by atoms with Crippen molar-refractivity contribution in [2.75, 3.05) is 0 Å². The number of aromatic amines is 1. The second-order valence-corrected chi connectivity index (χ2v) is 8.24. The summed E-state index contributed by atoms with van der Waals surface area (Å²) in [7, 11) is 1.36. The average Bonchev–Trinajstić information content (AvgIpc) is 2.70. The fourth-order valence-electron chi connectivity index (χ4n) is 1.51. The Morgan fingerprint density at radius 1 is 1.45 bits per heavy atom. The molecule has 0 saturated carbocycles. The van der Waals surface area contributed by atoms with Crippen LogP contribution in [0.3, 0.4) is 0 Å². The van der Waals surface area contributed by atoms with E-state index in [1.165, 1.54) is 0 Å². The van der Waals surface area contributed by atoms with E-state index in [1.54, 1.807) is 6.92 Å². The second-order valence-electron chi connectivity index (χ2n) is 5.73. The molecule has 0 bridgehead atoms. The Hall–Kier alpha value is -1.08. The Morgan fingerprint density at radius 3 is 2.40 bits per heavy atom. The smallest absolute Gasteiger partial charge is 0.273 e. The molecule has 0 aliphatic carbocycles. The van der Waals surface area contributed by atoms with E-state index in [-0.39, 0.29) is 22.0 Å². The summed E-state index contributed by atoms with van der Waals surface area (Å²) in [5, 5.41) is 9.08. The lowest BCUT2D eigenvalue weighted by atomic mass is 9.88. The van der Waals surface area contributed by atoms with Crippen LogP contribution >= 0.6 is 10.7 Å². The quantitative estimate of drug-likeness (QED) is 0.830. The third kappa shape index (κ3) is 3.73. The highest BCUT2D eigenvalue weighted by Gasteiger charge is 2.30. The molecule has 0 aliphatic rings. The van der Waals surface area contributed by atoms with Gasteiger partial charge in [0, 0.05) is 16.7 Å². The summed E-state index contributed by atoms with van der Waals surface area (Å²) in [6.07, 6.45) is 0.385. The summed E-state index contributed by atoms with van der Waals surface area (Å²) >= 11 is 0. The van der Waals surface area contributed by atoms with Crippen molar-refractivity contribution in [3.8, 4) is 0 Å². The number of carbonyl (C=O) groups is 1. The minimum absolute atomic E-state index is 0.150. The van der Waals surface area contributed by atoms with Gasteiger partial charge in [0.2, 0.25) is 0 Å². The third-order valence-corrected chi connectivity index (χ3v) is 4.64. The van der Waals surface area contributed by atoms with Crippen LogP contribution in [-0.2, 0) is 15.5 Å². The van der Waals surface area contributed by atoms with Crippen LogP contribution in [0.2, 0.25) is 0 Å². The topological polar surface area (TPSA) is 91.9 Å². The molecule has 1 unspecified atom stereocenters. The van der Waals surface area contributed by atoms with Crippen molar-refractivity contribution in [3.63, 3.8) is 0 Å². The number of amides is 1. The Balaban J connectivity index is 3.16. The Morgan fingerprint density at radius 2 is 2.00 bits per heavy atom. The summed E-state index contributed by atoms with van der Waals surface area (Å²) < 4.78 is 23.2. The van der Waals surface area contributed by atoms with E-state index in [9.17, 15) is 13.2 Å². The number of hydrogen-bond donors (Lipinski definition) is 2. The monoisotopic (exact) mass is 321 g/mol. The number of carbonyl (C=O) groups excluding carboxylic acids is 1. The van der Waals surface area contributed by atoms with E-state index in [0.29, 0.717) is 12.1 Å². The van der Waals surface area contributed by atoms with Crippen LogP contribution in [-0.4, -0.2) is 30.6 Å². The van der Waals surface area contributed by atoms with E-state index in [2.05, 4.69) is 15.5 Å². The zero-order chi connectivity index (χ0) is 15.7. The molecule has 6 nitrogen and oxygen atoms in total. The SMILES string of the molecule is CCc1[nH]nc(C(=O)NC(C)C(C)(C)C)c1S(=O)(=O)Cl. The molecule has 2 N–H and O–H groups in total. The van der Waals surface area contributed by atoms with Crippen molar-refractivity contribution in [1.29, 1.82) is 0 Å². The van der Waals surface area contributed by atoms with Crippen molar-refractivity contribution in [1.82, 2.24) is 15.5 Å². The van der Waals surface area contributed by atoms with E-state index < -0.39 is 15.0 Å². The molecule has 1 amide bonds. The first-order chi connectivity index (χ1) is 8.98. The maximum atomic E-state index is 12.2. The number of nitrogens with zero attached hydrogens (tertiary/aromatic N) is 1. The predicted octanol–water partition coefficient (Wildman–Crippen LogP) is 2.06. The molecule has 1 aromatic heterocycles. The molecule has 1 heterocycles. The number of rotatable bonds is 4. The highest BCUT2D eigenvalue weighted by Crippen LogP contribution is 2.24. The average molecular weight is 322 g/mol. The van der Waals surface area contributed by atoms with Crippen LogP contribution in [0.5, 0.6) is 0 Å². The number of halogens is 1. The van der Waals surface area contributed by atoms with Gasteiger partial charge < -0.3 is 5.32 Å². The van der Waals surface area contributed by atoms with Gasteiger partial charge in [-0.25, -0.2) is 8.42 Å². The summed E-state index contributed by atoms with van der Waals surface area (Å²) in [6.45, 7) is 9.51. The van der Waals surface area contributed by atoms with Gasteiger partial charge in [-0.1, -0.05) is 27.7 Å². The van der Waals surface area contributed by atoms with E-state index in [0.717, 1.165) is 0 Å². The lowest BCUT2D eigenvalue weighted by Crippen LogP contribution is -2.41. The fourth-order valence-corrected chi connectivity index (χ4v) is 2.86. The molecule has 0 fully saturated rings. The number of aryl methyl sites for hydroxylation is 1. The van der Waals surface area contributed by atoms with E-state index in [4.69, 9.17) is 10.7 Å². The largest absolute Gasteiger partial charge is 0.348 e. The summed E-state index contributed by atoms with van der Waals surface area (Å²) in [5.41, 5.74) is -0.0129. The summed E-state index contributed by atoms with van der Waals surface area (Å²) in [5.74, 6) is -0.553. The number of H-pyrrole nitrogens is 1. The van der Waals surface area contributed by atoms with Crippen LogP contribution in [0.15, 0.2) is 4.90 Å². The second kappa shape index (κ2) is 5.73. The van der Waals surface area contributed by atoms with Gasteiger partial charge in [-0.3, -0.25) is 9.89 Å². The van der Waals surface area contributed by atoms with Gasteiger partial charge in [0.25, 0.3) is 15.0 Å². The highest BCUT2D eigenvalue weighted by atomic mass is 35.7. The predicted molar refractivity (Wildman–Crippen MR) is 77.4 cm³/mol. The van der Waals surface area contributed by atoms with Gasteiger partial charge in [0.1, 0.15) is 4.90 Å². The van der Waals surface area contributed by atoms with Gasteiger partial charge in [0.15, 0.2) is 5.69 Å². The molecular formula is C12H20ClN3O3S. The van der Waals surface area contributed by atoms with Crippen molar-refractivity contribution < 1.29 is 13.2 Å². The molecule has 0 radical (unpaired) electrons. The van der Waals surface area contributed by atoms with Crippen LogP contribution in [0, 0.1) is 5.41 Å². The van der Waals surface area contributed by atoms with Gasteiger partial charge in [0.05, 0.1) is 5.69 Å². The molecule has 0 spiro atoms. The zero-order valence-corrected chi connectivity index (χ0v) is 13.8. The van der Waals surface area contributed by atoms with Crippen molar-refractivity contribution in [2.45, 2.75) is 52.0 Å². The lowest BCUT2D eigenvalue weighted by Gasteiger charge is -2.27. The van der Waals surface area contributed by atoms with Gasteiger partial charge in [-0.15, -0.1) is 0 Å². The summed E-state index contributed by atoms with van der Waals surface area (Å²) in [4.78, 5) is 11.9. The molecule has 1 aromatic rings. The molecule has 0 aliphatic heterocycles. The minimum Gasteiger partial charge on any atom is -0.348 e. The maximum absolute atomic E-state index is 12.2. The van der Waals surface area contributed by atoms with Crippen LogP contribution in [0.1, 0.15) is 50.8 Å². The minimum atomic E-state index is -4.03. The van der Waals surface area contributed by atoms with Crippen molar-refractivity contribution in [2.24, 2.45) is 5.41 Å². The van der Waals surface area contributed by atoms with Gasteiger partial charge >= 0.3 is 0 Å². The van der Waals surface area contributed by atoms with Crippen molar-refractivity contribution in [3.05, 3.63) is 11.4 Å². The summed E-state index contributed by atoms with van der Waals surface area (Å²) in [6, 6.07) is -0.150. The van der Waals surface area contributed by atoms with Crippen molar-refractivity contribution >= 4 is 25.6 Å². The Labute approximate surface area is 123 Å². The molecule has 8 heteroatoms. The first kappa shape index (κ1) is 17.0. The first-order valence-corrected chi connectivity index (χ1v) is 8.62. The standard InChI is InChI=1S/C12H20ClN3O3S/c1-6-8-10(20(13,18)19)9(16-15-8)11(17)14-7(2)12(3,4)5/h7H,6H2,1-5H3,(H,14,17)(H,15,16). The molecule has 1 atom stereocenters. The van der Waals surface area contributed by atoms with Crippen LogP contribution in [0.4, 0.5) is 0 Å². The number of aromatic nitrogens is 2. The molecule has 20 heavy (non-hydrogen) atoms. The first-order valence-electron chi connectivity index (χ1n) is 6.31. The molecule has 1 rings (SSSR count). The van der Waals surface area contributed by atoms with E-state index in [1.807, 2.05) is 27.7 Å². The Kier molecular flexibility index (Phi) is 4.86. The number of nitrogens with one attached hydrogen (secondary N) is 2. The Bertz CT molecular complexity index is 602. The zero-order valence-electron chi connectivity index (χ0n) is 12.2. The normalized spacial score (nSPS) is 14.1. The molecular weight excluding hydrogens is 302 g/mol.